The minimum atomic E-state index is 0.258. The highest BCUT2D eigenvalue weighted by Crippen LogP contribution is 2.37. The molecule has 0 spiro atoms. The van der Waals surface area contributed by atoms with Crippen LogP contribution in [0.1, 0.15) is 46.0 Å². The molecule has 1 aliphatic carbocycles. The number of amides is 1. The molecule has 2 N–H and O–H groups in total. The fraction of sp³-hybridized carbons (Fsp3) is 0.923. The molecule has 16 heavy (non-hydrogen) atoms. The maximum Gasteiger partial charge on any atom is 0.220 e. The van der Waals surface area contributed by atoms with Crippen molar-refractivity contribution in [1.82, 2.24) is 10.6 Å². The van der Waals surface area contributed by atoms with Crippen molar-refractivity contribution in [2.75, 3.05) is 13.1 Å². The van der Waals surface area contributed by atoms with Crippen molar-refractivity contribution in [2.24, 2.45) is 11.3 Å². The maximum atomic E-state index is 11.9. The second-order valence-corrected chi connectivity index (χ2v) is 6.06. The first kappa shape index (κ1) is 11.9. The Bertz CT molecular complexity index is 257. The van der Waals surface area contributed by atoms with Gasteiger partial charge in [-0.05, 0) is 43.7 Å². The smallest absolute Gasteiger partial charge is 0.220 e. The maximum absolute atomic E-state index is 11.9. The molecule has 2 rings (SSSR count). The van der Waals surface area contributed by atoms with Crippen LogP contribution in [-0.2, 0) is 4.79 Å². The first-order chi connectivity index (χ1) is 7.58. The Balaban J connectivity index is 1.78. The van der Waals surface area contributed by atoms with E-state index in [1.54, 1.807) is 0 Å². The van der Waals surface area contributed by atoms with Gasteiger partial charge in [-0.2, -0.15) is 0 Å². The molecule has 1 saturated heterocycles. The quantitative estimate of drug-likeness (QED) is 0.766. The molecule has 0 aromatic rings. The van der Waals surface area contributed by atoms with E-state index in [4.69, 9.17) is 0 Å². The summed E-state index contributed by atoms with van der Waals surface area (Å²) in [4.78, 5) is 11.9. The normalized spacial score (nSPS) is 32.9. The zero-order chi connectivity index (χ0) is 11.6. The minimum absolute atomic E-state index is 0.258. The van der Waals surface area contributed by atoms with Crippen molar-refractivity contribution in [1.29, 1.82) is 0 Å². The Morgan fingerprint density at radius 2 is 2.25 bits per heavy atom. The lowest BCUT2D eigenvalue weighted by Crippen LogP contribution is -2.42. The second-order valence-electron chi connectivity index (χ2n) is 6.06. The molecule has 3 heteroatoms. The van der Waals surface area contributed by atoms with Crippen LogP contribution < -0.4 is 10.6 Å². The van der Waals surface area contributed by atoms with Crippen molar-refractivity contribution in [3.8, 4) is 0 Å². The van der Waals surface area contributed by atoms with Gasteiger partial charge in [-0.25, -0.2) is 0 Å². The molecule has 0 aromatic carbocycles. The molecule has 1 saturated carbocycles. The van der Waals surface area contributed by atoms with Gasteiger partial charge < -0.3 is 10.6 Å². The van der Waals surface area contributed by atoms with Gasteiger partial charge in [0.25, 0.3) is 0 Å². The van der Waals surface area contributed by atoms with Crippen LogP contribution in [0, 0.1) is 11.3 Å². The fourth-order valence-electron chi connectivity index (χ4n) is 3.00. The van der Waals surface area contributed by atoms with Gasteiger partial charge in [-0.1, -0.05) is 20.3 Å². The van der Waals surface area contributed by atoms with E-state index >= 15 is 0 Å². The molecule has 2 aliphatic rings. The van der Waals surface area contributed by atoms with E-state index in [-0.39, 0.29) is 5.91 Å². The molecule has 2 unspecified atom stereocenters. The predicted molar refractivity (Wildman–Crippen MR) is 65.2 cm³/mol. The lowest BCUT2D eigenvalue weighted by Gasteiger charge is -2.28. The molecule has 1 amide bonds. The molecule has 1 aliphatic heterocycles. The number of carbonyl (C=O) groups excluding carboxylic acids is 1. The predicted octanol–water partition coefficient (Wildman–Crippen LogP) is 1.68. The van der Waals surface area contributed by atoms with E-state index in [1.807, 2.05) is 0 Å². The molecular formula is C13H24N2O. The van der Waals surface area contributed by atoms with Crippen LogP contribution in [0.5, 0.6) is 0 Å². The summed E-state index contributed by atoms with van der Waals surface area (Å²) in [7, 11) is 0. The molecule has 1 heterocycles. The van der Waals surface area contributed by atoms with Gasteiger partial charge >= 0.3 is 0 Å². The summed E-state index contributed by atoms with van der Waals surface area (Å²) in [5, 5.41) is 6.54. The van der Waals surface area contributed by atoms with E-state index in [1.165, 1.54) is 12.8 Å². The summed E-state index contributed by atoms with van der Waals surface area (Å²) >= 11 is 0. The van der Waals surface area contributed by atoms with Crippen LogP contribution in [0.25, 0.3) is 0 Å². The summed E-state index contributed by atoms with van der Waals surface area (Å²) in [5.41, 5.74) is 0.295. The molecule has 2 fully saturated rings. The van der Waals surface area contributed by atoms with Crippen LogP contribution in [0.3, 0.4) is 0 Å². The third-order valence-corrected chi connectivity index (χ3v) is 4.23. The van der Waals surface area contributed by atoms with Crippen LogP contribution >= 0.6 is 0 Å². The van der Waals surface area contributed by atoms with Crippen molar-refractivity contribution in [2.45, 2.75) is 52.0 Å². The van der Waals surface area contributed by atoms with Gasteiger partial charge in [0.15, 0.2) is 0 Å². The highest BCUT2D eigenvalue weighted by atomic mass is 16.1. The largest absolute Gasteiger partial charge is 0.353 e. The average Bonchev–Trinajstić information content (AvgIpc) is 2.78. The van der Waals surface area contributed by atoms with Crippen molar-refractivity contribution < 1.29 is 4.79 Å². The zero-order valence-corrected chi connectivity index (χ0v) is 10.5. The Hall–Kier alpha value is -0.570. The first-order valence-electron chi connectivity index (χ1n) is 6.58. The third kappa shape index (κ3) is 2.76. The number of hydrogen-bond donors (Lipinski definition) is 2. The lowest BCUT2D eigenvalue weighted by molar-refractivity contribution is -0.123. The van der Waals surface area contributed by atoms with Crippen LogP contribution in [0.2, 0.25) is 0 Å². The molecule has 0 bridgehead atoms. The van der Waals surface area contributed by atoms with Gasteiger partial charge in [0.05, 0.1) is 0 Å². The Labute approximate surface area is 98.4 Å². The third-order valence-electron chi connectivity index (χ3n) is 4.23. The summed E-state index contributed by atoms with van der Waals surface area (Å²) in [6, 6.07) is 0.398. The van der Waals surface area contributed by atoms with Crippen molar-refractivity contribution >= 4 is 5.91 Å². The van der Waals surface area contributed by atoms with Gasteiger partial charge in [-0.15, -0.1) is 0 Å². The summed E-state index contributed by atoms with van der Waals surface area (Å²) in [5.74, 6) is 0.818. The number of rotatable bonds is 3. The van der Waals surface area contributed by atoms with E-state index in [2.05, 4.69) is 24.5 Å². The van der Waals surface area contributed by atoms with Crippen molar-refractivity contribution in [3.05, 3.63) is 0 Å². The van der Waals surface area contributed by atoms with E-state index in [0.29, 0.717) is 23.8 Å². The Morgan fingerprint density at radius 1 is 1.44 bits per heavy atom. The number of nitrogens with one attached hydrogen (secondary N) is 2. The summed E-state index contributed by atoms with van der Waals surface area (Å²) in [6.07, 6.45) is 5.51. The molecule has 92 valence electrons. The minimum Gasteiger partial charge on any atom is -0.353 e. The summed E-state index contributed by atoms with van der Waals surface area (Å²) in [6.45, 7) is 6.62. The van der Waals surface area contributed by atoms with Gasteiger partial charge in [-0.3, -0.25) is 4.79 Å². The van der Waals surface area contributed by atoms with Crippen LogP contribution in [0.4, 0.5) is 0 Å². The SMILES string of the molecule is CC1(C)CCCC1NC(=O)CC1CCNC1. The Morgan fingerprint density at radius 3 is 2.81 bits per heavy atom. The zero-order valence-electron chi connectivity index (χ0n) is 10.5. The van der Waals surface area contributed by atoms with E-state index in [9.17, 15) is 4.79 Å². The Kier molecular flexibility index (Phi) is 3.53. The van der Waals surface area contributed by atoms with Gasteiger partial charge in [0.1, 0.15) is 0 Å². The van der Waals surface area contributed by atoms with Crippen LogP contribution in [-0.4, -0.2) is 25.0 Å². The molecule has 0 radical (unpaired) electrons. The first-order valence-corrected chi connectivity index (χ1v) is 6.58. The topological polar surface area (TPSA) is 41.1 Å². The summed E-state index contributed by atoms with van der Waals surface area (Å²) < 4.78 is 0. The van der Waals surface area contributed by atoms with Crippen molar-refractivity contribution in [3.63, 3.8) is 0 Å². The standard InChI is InChI=1S/C13H24N2O/c1-13(2)6-3-4-11(13)15-12(16)8-10-5-7-14-9-10/h10-11,14H,3-9H2,1-2H3,(H,15,16). The highest BCUT2D eigenvalue weighted by molar-refractivity contribution is 5.76. The monoisotopic (exact) mass is 224 g/mol. The van der Waals surface area contributed by atoms with Crippen LogP contribution in [0.15, 0.2) is 0 Å². The average molecular weight is 224 g/mol. The van der Waals surface area contributed by atoms with E-state index in [0.717, 1.165) is 25.9 Å². The molecule has 2 atom stereocenters. The van der Waals surface area contributed by atoms with E-state index < -0.39 is 0 Å². The number of hydrogen-bond acceptors (Lipinski definition) is 2. The highest BCUT2D eigenvalue weighted by Gasteiger charge is 2.35. The molecular weight excluding hydrogens is 200 g/mol. The van der Waals surface area contributed by atoms with Gasteiger partial charge in [0, 0.05) is 12.5 Å². The number of carbonyl (C=O) groups is 1. The fourth-order valence-corrected chi connectivity index (χ4v) is 3.00. The molecule has 0 aromatic heterocycles. The van der Waals surface area contributed by atoms with Gasteiger partial charge in [0.2, 0.25) is 5.91 Å². The second kappa shape index (κ2) is 4.74. The lowest BCUT2D eigenvalue weighted by atomic mass is 9.87. The molecule has 3 nitrogen and oxygen atoms in total.